The van der Waals surface area contributed by atoms with Gasteiger partial charge in [0.1, 0.15) is 11.5 Å². The second kappa shape index (κ2) is 6.17. The van der Waals surface area contributed by atoms with Gasteiger partial charge in [-0.15, -0.1) is 0 Å². The van der Waals surface area contributed by atoms with Gasteiger partial charge in [0.05, 0.1) is 12.1 Å². The number of nitrogen functional groups attached to an aromatic ring is 1. The Labute approximate surface area is 121 Å². The van der Waals surface area contributed by atoms with Gasteiger partial charge < -0.3 is 16.4 Å². The van der Waals surface area contributed by atoms with Gasteiger partial charge in [-0.1, -0.05) is 12.1 Å². The molecule has 0 radical (unpaired) electrons. The molecule has 0 aliphatic carbocycles. The van der Waals surface area contributed by atoms with Gasteiger partial charge in [-0.25, -0.2) is 9.37 Å². The van der Waals surface area contributed by atoms with Gasteiger partial charge in [0, 0.05) is 7.05 Å². The summed E-state index contributed by atoms with van der Waals surface area (Å²) < 4.78 is 12.8. The number of hydrogen-bond acceptors (Lipinski definition) is 5. The molecule has 4 N–H and O–H groups in total. The minimum Gasteiger partial charge on any atom is -0.382 e. The molecule has 0 spiro atoms. The largest absolute Gasteiger partial charge is 0.382 e. The summed E-state index contributed by atoms with van der Waals surface area (Å²) in [6.07, 6.45) is 0.118. The maximum absolute atomic E-state index is 12.8. The Balaban J connectivity index is 2.11. The van der Waals surface area contributed by atoms with E-state index in [1.54, 1.807) is 26.1 Å². The average Bonchev–Trinajstić information content (AvgIpc) is 2.45. The molecule has 0 aliphatic heterocycles. The molecule has 2 rings (SSSR count). The molecule has 0 saturated carbocycles. The number of carbonyl (C=O) groups excluding carboxylic acids is 1. The lowest BCUT2D eigenvalue weighted by Crippen LogP contribution is -2.18. The Bertz CT molecular complexity index is 634. The summed E-state index contributed by atoms with van der Waals surface area (Å²) in [5.74, 6) is -0.0200. The first-order chi connectivity index (χ1) is 9.99. The number of aromatic nitrogens is 2. The summed E-state index contributed by atoms with van der Waals surface area (Å²) in [4.78, 5) is 20.2. The van der Waals surface area contributed by atoms with Crippen LogP contribution in [-0.2, 0) is 11.2 Å². The number of aryl methyl sites for hydroxylation is 1. The van der Waals surface area contributed by atoms with Gasteiger partial charge in [0.15, 0.2) is 5.82 Å². The molecule has 1 amide bonds. The summed E-state index contributed by atoms with van der Waals surface area (Å²) >= 11 is 0. The molecule has 1 aromatic heterocycles. The van der Waals surface area contributed by atoms with E-state index in [9.17, 15) is 9.18 Å². The van der Waals surface area contributed by atoms with Crippen LogP contribution in [0.1, 0.15) is 11.3 Å². The van der Waals surface area contributed by atoms with Gasteiger partial charge in [-0.3, -0.25) is 4.79 Å². The molecule has 0 fully saturated rings. The van der Waals surface area contributed by atoms with Crippen LogP contribution in [0.25, 0.3) is 0 Å². The first-order valence-corrected chi connectivity index (χ1v) is 6.35. The minimum absolute atomic E-state index is 0.118. The van der Waals surface area contributed by atoms with Crippen molar-refractivity contribution in [1.82, 2.24) is 9.97 Å². The summed E-state index contributed by atoms with van der Waals surface area (Å²) in [5, 5.41) is 5.47. The zero-order valence-electron chi connectivity index (χ0n) is 11.8. The second-order valence-corrected chi connectivity index (χ2v) is 4.49. The molecule has 0 bridgehead atoms. The normalized spacial score (nSPS) is 10.2. The summed E-state index contributed by atoms with van der Waals surface area (Å²) in [6, 6.07) is 5.75. The van der Waals surface area contributed by atoms with Crippen molar-refractivity contribution < 1.29 is 9.18 Å². The number of hydrogen-bond donors (Lipinski definition) is 3. The van der Waals surface area contributed by atoms with Crippen LogP contribution in [0.5, 0.6) is 0 Å². The van der Waals surface area contributed by atoms with E-state index < -0.39 is 0 Å². The van der Waals surface area contributed by atoms with E-state index in [1.807, 2.05) is 0 Å². The predicted molar refractivity (Wildman–Crippen MR) is 79.5 cm³/mol. The van der Waals surface area contributed by atoms with Gasteiger partial charge in [0.25, 0.3) is 0 Å². The fourth-order valence-corrected chi connectivity index (χ4v) is 1.83. The molecular formula is C14H16FN5O. The number of anilines is 3. The molecule has 2 aromatic rings. The highest BCUT2D eigenvalue weighted by Crippen LogP contribution is 2.21. The third-order valence-electron chi connectivity index (χ3n) is 2.88. The van der Waals surface area contributed by atoms with Crippen LogP contribution >= 0.6 is 0 Å². The number of nitrogens with two attached hydrogens (primary N) is 1. The molecule has 0 aliphatic rings. The summed E-state index contributed by atoms with van der Waals surface area (Å²) in [6.45, 7) is 1.73. The first-order valence-electron chi connectivity index (χ1n) is 6.35. The van der Waals surface area contributed by atoms with Gasteiger partial charge >= 0.3 is 0 Å². The lowest BCUT2D eigenvalue weighted by Gasteiger charge is -2.11. The zero-order valence-corrected chi connectivity index (χ0v) is 11.8. The van der Waals surface area contributed by atoms with Crippen molar-refractivity contribution in [2.24, 2.45) is 0 Å². The average molecular weight is 289 g/mol. The number of rotatable bonds is 4. The number of halogens is 1. The van der Waals surface area contributed by atoms with Crippen LogP contribution in [0.4, 0.5) is 21.8 Å². The Morgan fingerprint density at radius 1 is 1.29 bits per heavy atom. The highest BCUT2D eigenvalue weighted by atomic mass is 19.1. The molecule has 1 heterocycles. The van der Waals surface area contributed by atoms with Crippen molar-refractivity contribution in [3.05, 3.63) is 41.3 Å². The SMILES string of the molecule is CNc1nc(C)c(NC(=O)Cc2ccc(F)cc2)c(N)n1. The van der Waals surface area contributed by atoms with Crippen LogP contribution in [0, 0.1) is 12.7 Å². The van der Waals surface area contributed by atoms with E-state index in [2.05, 4.69) is 20.6 Å². The zero-order chi connectivity index (χ0) is 15.4. The van der Waals surface area contributed by atoms with E-state index >= 15 is 0 Å². The molecule has 1 aromatic carbocycles. The summed E-state index contributed by atoms with van der Waals surface area (Å²) in [7, 11) is 1.68. The monoisotopic (exact) mass is 289 g/mol. The molecule has 6 nitrogen and oxygen atoms in total. The van der Waals surface area contributed by atoms with Crippen LogP contribution in [0.3, 0.4) is 0 Å². The molecular weight excluding hydrogens is 273 g/mol. The van der Waals surface area contributed by atoms with E-state index in [0.29, 0.717) is 22.9 Å². The number of amides is 1. The van der Waals surface area contributed by atoms with Crippen LogP contribution < -0.4 is 16.4 Å². The Morgan fingerprint density at radius 2 is 1.95 bits per heavy atom. The predicted octanol–water partition coefficient (Wildman–Crippen LogP) is 1.73. The Hall–Kier alpha value is -2.70. The Morgan fingerprint density at radius 3 is 2.52 bits per heavy atom. The quantitative estimate of drug-likeness (QED) is 0.797. The molecule has 0 unspecified atom stereocenters. The molecule has 110 valence electrons. The van der Waals surface area contributed by atoms with E-state index in [1.165, 1.54) is 12.1 Å². The summed E-state index contributed by atoms with van der Waals surface area (Å²) in [5.41, 5.74) is 7.47. The maximum atomic E-state index is 12.8. The van der Waals surface area contributed by atoms with E-state index in [0.717, 1.165) is 0 Å². The molecule has 0 atom stereocenters. The maximum Gasteiger partial charge on any atom is 0.228 e. The topological polar surface area (TPSA) is 92.9 Å². The molecule has 7 heteroatoms. The van der Waals surface area contributed by atoms with Gasteiger partial charge in [-0.2, -0.15) is 4.98 Å². The second-order valence-electron chi connectivity index (χ2n) is 4.49. The highest BCUT2D eigenvalue weighted by molar-refractivity contribution is 5.95. The first kappa shape index (κ1) is 14.7. The van der Waals surface area contributed by atoms with Crippen molar-refractivity contribution >= 4 is 23.4 Å². The van der Waals surface area contributed by atoms with Crippen LogP contribution in [-0.4, -0.2) is 22.9 Å². The lowest BCUT2D eigenvalue weighted by atomic mass is 10.1. The smallest absolute Gasteiger partial charge is 0.228 e. The number of nitrogens with one attached hydrogen (secondary N) is 2. The number of carbonyl (C=O) groups is 1. The highest BCUT2D eigenvalue weighted by Gasteiger charge is 2.12. The van der Waals surface area contributed by atoms with Crippen molar-refractivity contribution in [2.45, 2.75) is 13.3 Å². The van der Waals surface area contributed by atoms with Crippen molar-refractivity contribution in [3.8, 4) is 0 Å². The van der Waals surface area contributed by atoms with Gasteiger partial charge in [0.2, 0.25) is 11.9 Å². The minimum atomic E-state index is -0.338. The molecule has 0 saturated heterocycles. The molecule has 21 heavy (non-hydrogen) atoms. The standard InChI is InChI=1S/C14H16FN5O/c1-8-12(13(16)20-14(17-2)18-8)19-11(21)7-9-3-5-10(15)6-4-9/h3-6H,7H2,1-2H3,(H,19,21)(H3,16,17,18,20). The third-order valence-corrected chi connectivity index (χ3v) is 2.88. The Kier molecular flexibility index (Phi) is 4.32. The van der Waals surface area contributed by atoms with Crippen LogP contribution in [0.2, 0.25) is 0 Å². The van der Waals surface area contributed by atoms with Crippen molar-refractivity contribution in [2.75, 3.05) is 23.4 Å². The van der Waals surface area contributed by atoms with E-state index in [4.69, 9.17) is 5.73 Å². The number of benzene rings is 1. The fraction of sp³-hybridized carbons (Fsp3) is 0.214. The van der Waals surface area contributed by atoms with E-state index in [-0.39, 0.29) is 24.0 Å². The van der Waals surface area contributed by atoms with Crippen molar-refractivity contribution in [3.63, 3.8) is 0 Å². The van der Waals surface area contributed by atoms with Crippen LogP contribution in [0.15, 0.2) is 24.3 Å². The number of nitrogens with zero attached hydrogens (tertiary/aromatic N) is 2. The fourth-order valence-electron chi connectivity index (χ4n) is 1.83. The lowest BCUT2D eigenvalue weighted by molar-refractivity contribution is -0.115. The van der Waals surface area contributed by atoms with Gasteiger partial charge in [-0.05, 0) is 24.6 Å². The van der Waals surface area contributed by atoms with Crippen molar-refractivity contribution in [1.29, 1.82) is 0 Å². The third kappa shape index (κ3) is 3.65.